The molecule has 3 heterocycles. The average molecular weight is 342 g/mol. The standard InChI is InChI=1S/C17H22N6O2/c24-16-2-1-5-18-23(16)11-8-21-6-9-22(10-7-21)17(25)15-12-14(19-20-15)13-3-4-13/h1-2,5,12-13H,3-4,6-11H2,(H,19,20). The second-order valence-electron chi connectivity index (χ2n) is 6.70. The number of carbonyl (C=O) groups excluding carboxylic acids is 1. The molecule has 1 aliphatic heterocycles. The number of hydrogen-bond donors (Lipinski definition) is 1. The minimum absolute atomic E-state index is 0.00347. The van der Waals surface area contributed by atoms with Gasteiger partial charge in [0.15, 0.2) is 0 Å². The van der Waals surface area contributed by atoms with E-state index in [-0.39, 0.29) is 11.5 Å². The molecule has 2 fully saturated rings. The van der Waals surface area contributed by atoms with Gasteiger partial charge in [0.05, 0.1) is 6.54 Å². The van der Waals surface area contributed by atoms with E-state index in [1.807, 2.05) is 11.0 Å². The minimum atomic E-state index is -0.0821. The fraction of sp³-hybridized carbons (Fsp3) is 0.529. The Balaban J connectivity index is 1.28. The van der Waals surface area contributed by atoms with Crippen LogP contribution in [-0.4, -0.2) is 68.4 Å². The van der Waals surface area contributed by atoms with Gasteiger partial charge in [0.1, 0.15) is 5.69 Å². The minimum Gasteiger partial charge on any atom is -0.335 e. The largest absolute Gasteiger partial charge is 0.335 e. The van der Waals surface area contributed by atoms with Gasteiger partial charge < -0.3 is 4.90 Å². The van der Waals surface area contributed by atoms with Crippen molar-refractivity contribution in [1.82, 2.24) is 29.8 Å². The van der Waals surface area contributed by atoms with E-state index in [4.69, 9.17) is 0 Å². The number of hydrogen-bond acceptors (Lipinski definition) is 5. The lowest BCUT2D eigenvalue weighted by Crippen LogP contribution is -2.49. The number of carbonyl (C=O) groups is 1. The molecule has 0 atom stereocenters. The van der Waals surface area contributed by atoms with Gasteiger partial charge in [-0.3, -0.25) is 19.6 Å². The molecule has 2 aromatic rings. The van der Waals surface area contributed by atoms with Crippen LogP contribution in [0.25, 0.3) is 0 Å². The van der Waals surface area contributed by atoms with Crippen LogP contribution in [0.4, 0.5) is 0 Å². The number of aromatic nitrogens is 4. The van der Waals surface area contributed by atoms with Crippen molar-refractivity contribution < 1.29 is 4.79 Å². The molecule has 8 heteroatoms. The molecule has 1 N–H and O–H groups in total. The number of nitrogens with zero attached hydrogens (tertiary/aromatic N) is 5. The van der Waals surface area contributed by atoms with Gasteiger partial charge in [0.25, 0.3) is 11.5 Å². The van der Waals surface area contributed by atoms with Crippen molar-refractivity contribution in [2.45, 2.75) is 25.3 Å². The average Bonchev–Trinajstić information content (AvgIpc) is 3.38. The second kappa shape index (κ2) is 6.79. The van der Waals surface area contributed by atoms with Gasteiger partial charge in [-0.2, -0.15) is 10.2 Å². The molecule has 8 nitrogen and oxygen atoms in total. The van der Waals surface area contributed by atoms with Gasteiger partial charge in [-0.15, -0.1) is 0 Å². The molecule has 2 aliphatic rings. The predicted molar refractivity (Wildman–Crippen MR) is 91.4 cm³/mol. The predicted octanol–water partition coefficient (Wildman–Crippen LogP) is 0.302. The van der Waals surface area contributed by atoms with Crippen molar-refractivity contribution in [2.24, 2.45) is 0 Å². The van der Waals surface area contributed by atoms with Gasteiger partial charge >= 0.3 is 0 Å². The van der Waals surface area contributed by atoms with E-state index in [1.54, 1.807) is 12.3 Å². The molecule has 0 aromatic carbocycles. The zero-order valence-corrected chi connectivity index (χ0v) is 14.1. The zero-order chi connectivity index (χ0) is 17.2. The summed E-state index contributed by atoms with van der Waals surface area (Å²) >= 11 is 0. The topological polar surface area (TPSA) is 87.1 Å². The fourth-order valence-electron chi connectivity index (χ4n) is 3.18. The Morgan fingerprint density at radius 2 is 2.00 bits per heavy atom. The van der Waals surface area contributed by atoms with Crippen molar-refractivity contribution in [3.05, 3.63) is 46.1 Å². The van der Waals surface area contributed by atoms with Crippen LogP contribution < -0.4 is 5.56 Å². The molecule has 0 unspecified atom stereocenters. The molecule has 1 saturated carbocycles. The number of H-pyrrole nitrogens is 1. The summed E-state index contributed by atoms with van der Waals surface area (Å²) < 4.78 is 1.47. The normalized spacial score (nSPS) is 18.5. The highest BCUT2D eigenvalue weighted by molar-refractivity contribution is 5.92. The number of piperazine rings is 1. The summed E-state index contributed by atoms with van der Waals surface area (Å²) in [6, 6.07) is 5.07. The summed E-state index contributed by atoms with van der Waals surface area (Å²) in [6.45, 7) is 4.29. The van der Waals surface area contributed by atoms with E-state index < -0.39 is 0 Å². The van der Waals surface area contributed by atoms with Crippen LogP contribution in [0.15, 0.2) is 29.2 Å². The molecular formula is C17H22N6O2. The first kappa shape index (κ1) is 16.0. The quantitative estimate of drug-likeness (QED) is 0.845. The van der Waals surface area contributed by atoms with Crippen molar-refractivity contribution in [3.8, 4) is 0 Å². The third kappa shape index (κ3) is 3.63. The lowest BCUT2D eigenvalue weighted by atomic mass is 10.2. The molecule has 0 spiro atoms. The highest BCUT2D eigenvalue weighted by atomic mass is 16.2. The highest BCUT2D eigenvalue weighted by Gasteiger charge is 2.28. The molecule has 1 amide bonds. The lowest BCUT2D eigenvalue weighted by Gasteiger charge is -2.34. The summed E-state index contributed by atoms with van der Waals surface area (Å²) in [5.74, 6) is 0.574. The van der Waals surface area contributed by atoms with E-state index in [2.05, 4.69) is 20.2 Å². The van der Waals surface area contributed by atoms with Gasteiger partial charge in [-0.1, -0.05) is 0 Å². The maximum Gasteiger partial charge on any atom is 0.274 e. The second-order valence-corrected chi connectivity index (χ2v) is 6.70. The first-order chi connectivity index (χ1) is 12.2. The van der Waals surface area contributed by atoms with Gasteiger partial charge in [-0.05, 0) is 25.0 Å². The molecule has 25 heavy (non-hydrogen) atoms. The van der Waals surface area contributed by atoms with Crippen molar-refractivity contribution in [1.29, 1.82) is 0 Å². The number of rotatable bonds is 5. The van der Waals surface area contributed by atoms with Crippen LogP contribution in [0.1, 0.15) is 34.9 Å². The Morgan fingerprint density at radius 1 is 1.20 bits per heavy atom. The number of amides is 1. The summed E-state index contributed by atoms with van der Waals surface area (Å²) in [7, 11) is 0. The zero-order valence-electron chi connectivity index (χ0n) is 14.1. The van der Waals surface area contributed by atoms with Crippen LogP contribution in [0.2, 0.25) is 0 Å². The van der Waals surface area contributed by atoms with E-state index in [9.17, 15) is 9.59 Å². The smallest absolute Gasteiger partial charge is 0.274 e. The molecule has 4 rings (SSSR count). The third-order valence-corrected chi connectivity index (χ3v) is 4.91. The van der Waals surface area contributed by atoms with Crippen LogP contribution >= 0.6 is 0 Å². The Bertz CT molecular complexity index is 801. The summed E-state index contributed by atoms with van der Waals surface area (Å²) in [5, 5.41) is 11.2. The molecule has 0 radical (unpaired) electrons. The molecule has 1 saturated heterocycles. The van der Waals surface area contributed by atoms with Gasteiger partial charge in [-0.25, -0.2) is 4.68 Å². The fourth-order valence-corrected chi connectivity index (χ4v) is 3.18. The Kier molecular flexibility index (Phi) is 4.35. The van der Waals surface area contributed by atoms with Gasteiger partial charge in [0, 0.05) is 56.6 Å². The van der Waals surface area contributed by atoms with Crippen LogP contribution in [0.3, 0.4) is 0 Å². The van der Waals surface area contributed by atoms with Crippen molar-refractivity contribution >= 4 is 5.91 Å². The maximum absolute atomic E-state index is 12.6. The van der Waals surface area contributed by atoms with E-state index in [0.29, 0.717) is 31.2 Å². The van der Waals surface area contributed by atoms with Gasteiger partial charge in [0.2, 0.25) is 0 Å². The lowest BCUT2D eigenvalue weighted by molar-refractivity contribution is 0.0625. The molecular weight excluding hydrogens is 320 g/mol. The van der Waals surface area contributed by atoms with Crippen LogP contribution in [0.5, 0.6) is 0 Å². The first-order valence-electron chi connectivity index (χ1n) is 8.80. The van der Waals surface area contributed by atoms with Crippen LogP contribution in [0, 0.1) is 0 Å². The molecule has 2 aromatic heterocycles. The first-order valence-corrected chi connectivity index (χ1v) is 8.80. The summed E-state index contributed by atoms with van der Waals surface area (Å²) in [4.78, 5) is 28.3. The Hall–Kier alpha value is -2.48. The van der Waals surface area contributed by atoms with E-state index in [0.717, 1.165) is 25.3 Å². The number of nitrogens with one attached hydrogen (secondary N) is 1. The monoisotopic (exact) mass is 342 g/mol. The van der Waals surface area contributed by atoms with E-state index in [1.165, 1.54) is 23.6 Å². The third-order valence-electron chi connectivity index (χ3n) is 4.91. The number of aromatic amines is 1. The maximum atomic E-state index is 12.6. The van der Waals surface area contributed by atoms with E-state index >= 15 is 0 Å². The summed E-state index contributed by atoms with van der Waals surface area (Å²) in [5.41, 5.74) is 1.53. The Morgan fingerprint density at radius 3 is 2.72 bits per heavy atom. The SMILES string of the molecule is O=C(c1cc(C2CC2)[nH]n1)N1CCN(CCn2ncccc2=O)CC1. The molecule has 132 valence electrons. The van der Waals surface area contributed by atoms with Crippen LogP contribution in [-0.2, 0) is 6.54 Å². The Labute approximate surface area is 145 Å². The highest BCUT2D eigenvalue weighted by Crippen LogP contribution is 2.39. The van der Waals surface area contributed by atoms with Crippen molar-refractivity contribution in [2.75, 3.05) is 32.7 Å². The molecule has 0 bridgehead atoms. The molecule has 1 aliphatic carbocycles. The summed E-state index contributed by atoms with van der Waals surface area (Å²) in [6.07, 6.45) is 4.00. The van der Waals surface area contributed by atoms with Crippen molar-refractivity contribution in [3.63, 3.8) is 0 Å².